The van der Waals surface area contributed by atoms with Crippen molar-refractivity contribution < 1.29 is 0 Å². The zero-order chi connectivity index (χ0) is 15.0. The van der Waals surface area contributed by atoms with Gasteiger partial charge in [0.1, 0.15) is 0 Å². The van der Waals surface area contributed by atoms with E-state index in [1.807, 2.05) is 0 Å². The van der Waals surface area contributed by atoms with Crippen molar-refractivity contribution in [3.05, 3.63) is 35.9 Å². The first-order chi connectivity index (χ1) is 9.56. The van der Waals surface area contributed by atoms with Gasteiger partial charge >= 0.3 is 0 Å². The van der Waals surface area contributed by atoms with Crippen molar-refractivity contribution in [2.45, 2.75) is 65.6 Å². The molecule has 114 valence electrons. The quantitative estimate of drug-likeness (QED) is 0.726. The van der Waals surface area contributed by atoms with E-state index < -0.39 is 0 Å². The average molecular weight is 276 g/mol. The highest BCUT2D eigenvalue weighted by molar-refractivity contribution is 5.18. The molecule has 0 aliphatic rings. The van der Waals surface area contributed by atoms with Gasteiger partial charge in [0.25, 0.3) is 0 Å². The lowest BCUT2D eigenvalue weighted by Gasteiger charge is -2.31. The van der Waals surface area contributed by atoms with E-state index in [1.165, 1.54) is 18.4 Å². The third-order valence-corrected chi connectivity index (χ3v) is 3.87. The van der Waals surface area contributed by atoms with Gasteiger partial charge in [0.05, 0.1) is 0 Å². The molecule has 0 saturated heterocycles. The summed E-state index contributed by atoms with van der Waals surface area (Å²) in [5, 5.41) is 3.74. The number of hydrogen-bond acceptors (Lipinski definition) is 2. The molecule has 1 atom stereocenters. The van der Waals surface area contributed by atoms with Crippen LogP contribution in [-0.4, -0.2) is 30.1 Å². The highest BCUT2D eigenvalue weighted by Gasteiger charge is 2.14. The second-order valence-corrected chi connectivity index (χ2v) is 6.13. The summed E-state index contributed by atoms with van der Waals surface area (Å²) < 4.78 is 0. The molecule has 0 saturated carbocycles. The predicted octanol–water partition coefficient (Wildman–Crippen LogP) is 4.24. The van der Waals surface area contributed by atoms with Gasteiger partial charge in [-0.3, -0.25) is 4.90 Å². The number of benzene rings is 1. The van der Waals surface area contributed by atoms with E-state index in [9.17, 15) is 0 Å². The average Bonchev–Trinajstić information content (AvgIpc) is 2.42. The zero-order valence-corrected chi connectivity index (χ0v) is 13.9. The normalized spacial score (nSPS) is 13.4. The first-order valence-corrected chi connectivity index (χ1v) is 8.10. The van der Waals surface area contributed by atoms with Crippen LogP contribution in [0.25, 0.3) is 0 Å². The Morgan fingerprint density at radius 1 is 1.00 bits per heavy atom. The van der Waals surface area contributed by atoms with Crippen molar-refractivity contribution in [2.75, 3.05) is 13.1 Å². The highest BCUT2D eigenvalue weighted by Crippen LogP contribution is 2.17. The van der Waals surface area contributed by atoms with Crippen LogP contribution < -0.4 is 5.32 Å². The molecule has 0 radical (unpaired) electrons. The lowest BCUT2D eigenvalue weighted by molar-refractivity contribution is 0.173. The van der Waals surface area contributed by atoms with E-state index in [0.29, 0.717) is 18.1 Å². The van der Waals surface area contributed by atoms with Gasteiger partial charge in [-0.2, -0.15) is 0 Å². The van der Waals surface area contributed by atoms with Gasteiger partial charge in [0.2, 0.25) is 0 Å². The Bertz CT molecular complexity index is 338. The standard InChI is InChI=1S/C18H32N2/c1-6-10-18(17-11-8-7-9-12-17)19-13-14-20(15(2)3)16(4)5/h7-9,11-12,15-16,18-19H,6,10,13-14H2,1-5H3. The van der Waals surface area contributed by atoms with Crippen LogP contribution in [0.15, 0.2) is 30.3 Å². The molecule has 1 unspecified atom stereocenters. The summed E-state index contributed by atoms with van der Waals surface area (Å²) in [6.07, 6.45) is 2.41. The fraction of sp³-hybridized carbons (Fsp3) is 0.667. The fourth-order valence-corrected chi connectivity index (χ4v) is 2.84. The second-order valence-electron chi connectivity index (χ2n) is 6.13. The van der Waals surface area contributed by atoms with Gasteiger partial charge in [-0.1, -0.05) is 43.7 Å². The van der Waals surface area contributed by atoms with E-state index in [0.717, 1.165) is 13.1 Å². The molecule has 0 amide bonds. The van der Waals surface area contributed by atoms with Crippen molar-refractivity contribution in [3.8, 4) is 0 Å². The summed E-state index contributed by atoms with van der Waals surface area (Å²) in [5.41, 5.74) is 1.41. The minimum absolute atomic E-state index is 0.488. The highest BCUT2D eigenvalue weighted by atomic mass is 15.2. The first-order valence-electron chi connectivity index (χ1n) is 8.10. The molecule has 1 rings (SSSR count). The molecule has 0 fully saturated rings. The molecule has 1 aromatic carbocycles. The molecule has 2 heteroatoms. The summed E-state index contributed by atoms with van der Waals surface area (Å²) >= 11 is 0. The SMILES string of the molecule is CCCC(NCCN(C(C)C)C(C)C)c1ccccc1. The second kappa shape index (κ2) is 9.15. The van der Waals surface area contributed by atoms with Gasteiger partial charge in [-0.05, 0) is 39.7 Å². The van der Waals surface area contributed by atoms with Crippen LogP contribution >= 0.6 is 0 Å². The Labute approximate surface area is 125 Å². The molecular weight excluding hydrogens is 244 g/mol. The molecule has 1 N–H and O–H groups in total. The van der Waals surface area contributed by atoms with Crippen LogP contribution in [0.1, 0.15) is 59.1 Å². The van der Waals surface area contributed by atoms with E-state index in [2.05, 4.69) is 75.2 Å². The van der Waals surface area contributed by atoms with Gasteiger partial charge < -0.3 is 5.32 Å². The van der Waals surface area contributed by atoms with Crippen LogP contribution in [0.5, 0.6) is 0 Å². The van der Waals surface area contributed by atoms with Crippen molar-refractivity contribution in [3.63, 3.8) is 0 Å². The maximum absolute atomic E-state index is 3.74. The van der Waals surface area contributed by atoms with Gasteiger partial charge in [0, 0.05) is 31.2 Å². The van der Waals surface area contributed by atoms with Crippen LogP contribution in [0, 0.1) is 0 Å². The van der Waals surface area contributed by atoms with Gasteiger partial charge in [0.15, 0.2) is 0 Å². The van der Waals surface area contributed by atoms with Crippen molar-refractivity contribution in [2.24, 2.45) is 0 Å². The molecule has 0 aliphatic carbocycles. The molecule has 0 aromatic heterocycles. The third kappa shape index (κ3) is 5.64. The van der Waals surface area contributed by atoms with Crippen LogP contribution in [0.3, 0.4) is 0 Å². The van der Waals surface area contributed by atoms with Crippen molar-refractivity contribution >= 4 is 0 Å². The Kier molecular flexibility index (Phi) is 7.86. The summed E-state index contributed by atoms with van der Waals surface area (Å²) in [4.78, 5) is 2.54. The third-order valence-electron chi connectivity index (χ3n) is 3.87. The maximum atomic E-state index is 3.74. The summed E-state index contributed by atoms with van der Waals surface area (Å²) in [6, 6.07) is 12.5. The predicted molar refractivity (Wildman–Crippen MR) is 89.1 cm³/mol. The van der Waals surface area contributed by atoms with Gasteiger partial charge in [-0.25, -0.2) is 0 Å². The van der Waals surface area contributed by atoms with E-state index in [4.69, 9.17) is 0 Å². The number of rotatable bonds is 9. The molecule has 20 heavy (non-hydrogen) atoms. The van der Waals surface area contributed by atoms with E-state index in [1.54, 1.807) is 0 Å². The lowest BCUT2D eigenvalue weighted by atomic mass is 10.0. The Morgan fingerprint density at radius 3 is 2.10 bits per heavy atom. The lowest BCUT2D eigenvalue weighted by Crippen LogP contribution is -2.42. The molecule has 2 nitrogen and oxygen atoms in total. The summed E-state index contributed by atoms with van der Waals surface area (Å²) in [6.45, 7) is 13.5. The Hall–Kier alpha value is -0.860. The molecule has 1 aromatic rings. The smallest absolute Gasteiger partial charge is 0.0320 e. The summed E-state index contributed by atoms with van der Waals surface area (Å²) in [5.74, 6) is 0. The van der Waals surface area contributed by atoms with E-state index in [-0.39, 0.29) is 0 Å². The number of nitrogens with zero attached hydrogens (tertiary/aromatic N) is 1. The Balaban J connectivity index is 2.51. The molecular formula is C18H32N2. The van der Waals surface area contributed by atoms with Crippen LogP contribution in [0.4, 0.5) is 0 Å². The van der Waals surface area contributed by atoms with Crippen LogP contribution in [-0.2, 0) is 0 Å². The van der Waals surface area contributed by atoms with Crippen LogP contribution in [0.2, 0.25) is 0 Å². The largest absolute Gasteiger partial charge is 0.309 e. The number of nitrogens with one attached hydrogen (secondary N) is 1. The first kappa shape index (κ1) is 17.2. The minimum Gasteiger partial charge on any atom is -0.309 e. The van der Waals surface area contributed by atoms with Crippen molar-refractivity contribution in [1.29, 1.82) is 0 Å². The topological polar surface area (TPSA) is 15.3 Å². The molecule has 0 spiro atoms. The maximum Gasteiger partial charge on any atom is 0.0320 e. The van der Waals surface area contributed by atoms with Gasteiger partial charge in [-0.15, -0.1) is 0 Å². The summed E-state index contributed by atoms with van der Waals surface area (Å²) in [7, 11) is 0. The Morgan fingerprint density at radius 2 is 1.60 bits per heavy atom. The number of hydrogen-bond donors (Lipinski definition) is 1. The molecule has 0 bridgehead atoms. The zero-order valence-electron chi connectivity index (χ0n) is 13.9. The monoisotopic (exact) mass is 276 g/mol. The molecule has 0 heterocycles. The minimum atomic E-state index is 0.488. The molecule has 0 aliphatic heterocycles. The van der Waals surface area contributed by atoms with E-state index >= 15 is 0 Å². The fourth-order valence-electron chi connectivity index (χ4n) is 2.84. The van der Waals surface area contributed by atoms with Crippen molar-refractivity contribution in [1.82, 2.24) is 10.2 Å².